The summed E-state index contributed by atoms with van der Waals surface area (Å²) in [5.74, 6) is -0.158. The van der Waals surface area contributed by atoms with E-state index >= 15 is 0 Å². The topological polar surface area (TPSA) is 70.0 Å². The molecule has 0 atom stereocenters. The van der Waals surface area contributed by atoms with Gasteiger partial charge in [-0.2, -0.15) is 0 Å². The van der Waals surface area contributed by atoms with Crippen molar-refractivity contribution in [3.8, 4) is 5.75 Å². The van der Waals surface area contributed by atoms with Crippen LogP contribution in [0.1, 0.15) is 45.6 Å². The fraction of sp³-hybridized carbons (Fsp3) is 0.632. The van der Waals surface area contributed by atoms with Crippen LogP contribution in [0.4, 0.5) is 0 Å². The van der Waals surface area contributed by atoms with Crippen LogP contribution < -0.4 is 0 Å². The van der Waals surface area contributed by atoms with Gasteiger partial charge in [0.25, 0.3) is 0 Å². The molecule has 0 spiro atoms. The second-order valence-corrected chi connectivity index (χ2v) is 8.91. The molecule has 1 aliphatic rings. The summed E-state index contributed by atoms with van der Waals surface area (Å²) in [6, 6.07) is 3.12. The average Bonchev–Trinajstić information content (AvgIpc) is 2.52. The van der Waals surface area contributed by atoms with Gasteiger partial charge in [0.2, 0.25) is 0 Å². The second kappa shape index (κ2) is 8.34. The lowest BCUT2D eigenvalue weighted by Crippen LogP contribution is -2.43. The van der Waals surface area contributed by atoms with Crippen LogP contribution in [0.5, 0.6) is 5.75 Å². The van der Waals surface area contributed by atoms with Crippen molar-refractivity contribution in [3.63, 3.8) is 0 Å². The predicted molar refractivity (Wildman–Crippen MR) is 103 cm³/mol. The van der Waals surface area contributed by atoms with E-state index in [9.17, 15) is 15.0 Å². The van der Waals surface area contributed by atoms with E-state index in [4.69, 9.17) is 27.9 Å². The molecular formula is C19H27Cl2NO4. The highest BCUT2D eigenvalue weighted by Gasteiger charge is 2.37. The maximum atomic E-state index is 12.2. The van der Waals surface area contributed by atoms with Crippen LogP contribution in [-0.2, 0) is 16.1 Å². The van der Waals surface area contributed by atoms with Crippen LogP contribution in [0.3, 0.4) is 0 Å². The van der Waals surface area contributed by atoms with Crippen molar-refractivity contribution in [2.24, 2.45) is 5.41 Å². The number of halogens is 2. The molecule has 0 unspecified atom stereocenters. The number of ether oxygens (including phenoxy) is 1. The third-order valence-corrected chi connectivity index (χ3v) is 5.43. The number of aliphatic hydroxyl groups excluding tert-OH is 1. The molecule has 1 aliphatic heterocycles. The zero-order valence-corrected chi connectivity index (χ0v) is 17.0. The number of piperidine rings is 1. The van der Waals surface area contributed by atoms with Crippen LogP contribution in [0.25, 0.3) is 0 Å². The van der Waals surface area contributed by atoms with E-state index in [0.29, 0.717) is 48.1 Å². The molecule has 0 amide bonds. The summed E-state index contributed by atoms with van der Waals surface area (Å²) in [6.45, 7) is 7.43. The molecule has 0 bridgehead atoms. The number of carbonyl (C=O) groups is 1. The molecule has 5 nitrogen and oxygen atoms in total. The van der Waals surface area contributed by atoms with Gasteiger partial charge in [-0.3, -0.25) is 9.69 Å². The summed E-state index contributed by atoms with van der Waals surface area (Å²) < 4.78 is 5.41. The van der Waals surface area contributed by atoms with Gasteiger partial charge in [0.15, 0.2) is 0 Å². The van der Waals surface area contributed by atoms with Gasteiger partial charge in [-0.25, -0.2) is 0 Å². The quantitative estimate of drug-likeness (QED) is 0.726. The summed E-state index contributed by atoms with van der Waals surface area (Å²) in [6.07, 6.45) is 1.59. The summed E-state index contributed by atoms with van der Waals surface area (Å²) in [5.41, 5.74) is -0.263. The standard InChI is InChI=1S/C19H27Cl2NO4/c1-18(2,3)26-17(25)10-19(12-23)4-6-22(7-5-19)11-13-8-14(20)15(21)9-16(13)24/h8-9,23-24H,4-7,10-12H2,1-3H3. The highest BCUT2D eigenvalue weighted by molar-refractivity contribution is 6.42. The third kappa shape index (κ3) is 5.74. The Labute approximate surface area is 164 Å². The molecule has 1 aromatic rings. The molecular weight excluding hydrogens is 377 g/mol. The van der Waals surface area contributed by atoms with Crippen LogP contribution in [0, 0.1) is 5.41 Å². The molecule has 1 fully saturated rings. The molecule has 0 radical (unpaired) electrons. The van der Waals surface area contributed by atoms with Crippen molar-refractivity contribution >= 4 is 29.2 Å². The minimum absolute atomic E-state index is 0.0435. The average molecular weight is 404 g/mol. The molecule has 7 heteroatoms. The van der Waals surface area contributed by atoms with E-state index < -0.39 is 11.0 Å². The second-order valence-electron chi connectivity index (χ2n) is 8.09. The van der Waals surface area contributed by atoms with Crippen molar-refractivity contribution < 1.29 is 19.7 Å². The number of rotatable bonds is 5. The van der Waals surface area contributed by atoms with E-state index in [1.165, 1.54) is 6.07 Å². The number of hydrogen-bond acceptors (Lipinski definition) is 5. The SMILES string of the molecule is CC(C)(C)OC(=O)CC1(CO)CCN(Cc2cc(Cl)c(Cl)cc2O)CC1. The molecule has 0 aliphatic carbocycles. The van der Waals surface area contributed by atoms with Crippen LogP contribution in [-0.4, -0.2) is 46.4 Å². The van der Waals surface area contributed by atoms with E-state index in [-0.39, 0.29) is 24.7 Å². The Morgan fingerprint density at radius 2 is 1.81 bits per heavy atom. The fourth-order valence-corrected chi connectivity index (χ4v) is 3.55. The first-order valence-corrected chi connectivity index (χ1v) is 9.51. The number of phenols is 1. The number of benzene rings is 1. The first kappa shape index (κ1) is 21.3. The third-order valence-electron chi connectivity index (χ3n) is 4.71. The molecule has 26 heavy (non-hydrogen) atoms. The van der Waals surface area contributed by atoms with E-state index in [2.05, 4.69) is 4.90 Å². The van der Waals surface area contributed by atoms with Crippen molar-refractivity contribution in [1.82, 2.24) is 4.90 Å². The number of aliphatic hydroxyl groups is 1. The Morgan fingerprint density at radius 3 is 2.35 bits per heavy atom. The lowest BCUT2D eigenvalue weighted by atomic mass is 9.76. The van der Waals surface area contributed by atoms with Gasteiger partial charge in [0.1, 0.15) is 11.4 Å². The van der Waals surface area contributed by atoms with Gasteiger partial charge in [-0.15, -0.1) is 0 Å². The Balaban J connectivity index is 1.96. The van der Waals surface area contributed by atoms with Gasteiger partial charge in [0.05, 0.1) is 16.5 Å². The lowest BCUT2D eigenvalue weighted by molar-refractivity contribution is -0.159. The van der Waals surface area contributed by atoms with Crippen LogP contribution in [0.2, 0.25) is 10.0 Å². The maximum absolute atomic E-state index is 12.2. The van der Waals surface area contributed by atoms with Gasteiger partial charge in [-0.1, -0.05) is 23.2 Å². The predicted octanol–water partition coefficient (Wildman–Crippen LogP) is 4.01. The normalized spacial score (nSPS) is 17.9. The minimum atomic E-state index is -0.528. The number of aromatic hydroxyl groups is 1. The van der Waals surface area contributed by atoms with Gasteiger partial charge in [-0.05, 0) is 52.8 Å². The van der Waals surface area contributed by atoms with Crippen LogP contribution >= 0.6 is 23.2 Å². The maximum Gasteiger partial charge on any atom is 0.306 e. The van der Waals surface area contributed by atoms with E-state index in [0.717, 1.165) is 0 Å². The Bertz CT molecular complexity index is 650. The van der Waals surface area contributed by atoms with Gasteiger partial charge >= 0.3 is 5.97 Å². The molecule has 2 rings (SSSR count). The molecule has 1 saturated heterocycles. The van der Waals surface area contributed by atoms with Gasteiger partial charge < -0.3 is 14.9 Å². The number of likely N-dealkylation sites (tertiary alicyclic amines) is 1. The monoisotopic (exact) mass is 403 g/mol. The van der Waals surface area contributed by atoms with E-state index in [1.807, 2.05) is 20.8 Å². The summed E-state index contributed by atoms with van der Waals surface area (Å²) in [5, 5.41) is 20.7. The number of hydrogen-bond donors (Lipinski definition) is 2. The number of esters is 1. The molecule has 0 saturated carbocycles. The molecule has 1 aromatic carbocycles. The van der Waals surface area contributed by atoms with Crippen molar-refractivity contribution in [1.29, 1.82) is 0 Å². The summed E-state index contributed by atoms with van der Waals surface area (Å²) in [7, 11) is 0. The molecule has 0 aromatic heterocycles. The van der Waals surface area contributed by atoms with Crippen molar-refractivity contribution in [3.05, 3.63) is 27.7 Å². The van der Waals surface area contributed by atoms with E-state index in [1.54, 1.807) is 6.07 Å². The highest BCUT2D eigenvalue weighted by Crippen LogP contribution is 2.37. The zero-order valence-electron chi connectivity index (χ0n) is 15.5. The lowest BCUT2D eigenvalue weighted by Gasteiger charge is -2.40. The first-order chi connectivity index (χ1) is 12.0. The smallest absolute Gasteiger partial charge is 0.306 e. The number of carbonyl (C=O) groups excluding carboxylic acids is 1. The first-order valence-electron chi connectivity index (χ1n) is 8.75. The fourth-order valence-electron chi connectivity index (χ4n) is 3.21. The zero-order chi connectivity index (χ0) is 19.5. The number of phenolic OH excluding ortho intramolecular Hbond substituents is 1. The number of nitrogens with zero attached hydrogens (tertiary/aromatic N) is 1. The molecule has 146 valence electrons. The van der Waals surface area contributed by atoms with Gasteiger partial charge in [0, 0.05) is 30.2 Å². The van der Waals surface area contributed by atoms with Crippen molar-refractivity contribution in [2.75, 3.05) is 19.7 Å². The summed E-state index contributed by atoms with van der Waals surface area (Å²) >= 11 is 11.9. The largest absolute Gasteiger partial charge is 0.508 e. The minimum Gasteiger partial charge on any atom is -0.508 e. The molecule has 1 heterocycles. The van der Waals surface area contributed by atoms with Crippen molar-refractivity contribution in [2.45, 2.75) is 52.2 Å². The Hall–Kier alpha value is -1.01. The highest BCUT2D eigenvalue weighted by atomic mass is 35.5. The molecule has 2 N–H and O–H groups in total. The Morgan fingerprint density at radius 1 is 1.23 bits per heavy atom. The Kier molecular flexibility index (Phi) is 6.83. The van der Waals surface area contributed by atoms with Crippen LogP contribution in [0.15, 0.2) is 12.1 Å². The summed E-state index contributed by atoms with van der Waals surface area (Å²) in [4.78, 5) is 14.3.